The smallest absolute Gasteiger partial charge is 0.231 e. The number of carbonyl (C=O) groups excluding carboxylic acids is 2. The molecule has 1 aliphatic heterocycles. The highest BCUT2D eigenvalue weighted by molar-refractivity contribution is 6.05. The van der Waals surface area contributed by atoms with Crippen molar-refractivity contribution in [2.75, 3.05) is 11.9 Å². The number of likely N-dealkylation sites (N-methyl/N-ethyl adjacent to an activating group) is 1. The first-order chi connectivity index (χ1) is 9.57. The van der Waals surface area contributed by atoms with Crippen LogP contribution in [0.5, 0.6) is 0 Å². The van der Waals surface area contributed by atoms with Crippen molar-refractivity contribution in [3.63, 3.8) is 0 Å². The zero-order valence-corrected chi connectivity index (χ0v) is 12.2. The summed E-state index contributed by atoms with van der Waals surface area (Å²) in [4.78, 5) is 26.3. The molecule has 106 valence electrons. The Morgan fingerprint density at radius 1 is 1.30 bits per heavy atom. The molecule has 1 aromatic carbocycles. The van der Waals surface area contributed by atoms with Crippen LogP contribution < -0.4 is 4.90 Å². The van der Waals surface area contributed by atoms with Crippen LogP contribution in [0.25, 0.3) is 0 Å². The minimum atomic E-state index is -0.150. The summed E-state index contributed by atoms with van der Waals surface area (Å²) in [6, 6.07) is 5.76. The van der Waals surface area contributed by atoms with Gasteiger partial charge in [0, 0.05) is 23.7 Å². The number of fused-ring (bicyclic) bond motifs is 1. The number of hydrogen-bond acceptors (Lipinski definition) is 2. The third-order valence-electron chi connectivity index (χ3n) is 5.14. The van der Waals surface area contributed by atoms with Crippen LogP contribution in [0.1, 0.15) is 54.9 Å². The first-order valence-corrected chi connectivity index (χ1v) is 7.52. The van der Waals surface area contributed by atoms with E-state index in [1.807, 2.05) is 18.2 Å². The Kier molecular flexibility index (Phi) is 3.15. The summed E-state index contributed by atoms with van der Waals surface area (Å²) in [5.41, 5.74) is 2.58. The third-order valence-corrected chi connectivity index (χ3v) is 5.14. The highest BCUT2D eigenvalue weighted by atomic mass is 16.2. The average molecular weight is 271 g/mol. The minimum Gasteiger partial charge on any atom is -0.315 e. The van der Waals surface area contributed by atoms with E-state index in [0.29, 0.717) is 6.42 Å². The van der Waals surface area contributed by atoms with Gasteiger partial charge in [-0.25, -0.2) is 0 Å². The van der Waals surface area contributed by atoms with Gasteiger partial charge in [-0.3, -0.25) is 9.59 Å². The van der Waals surface area contributed by atoms with Crippen molar-refractivity contribution in [1.29, 1.82) is 0 Å². The van der Waals surface area contributed by atoms with E-state index in [1.165, 1.54) is 0 Å². The first kappa shape index (κ1) is 13.3. The molecule has 1 aromatic rings. The number of amides is 1. The second-order valence-corrected chi connectivity index (χ2v) is 6.14. The largest absolute Gasteiger partial charge is 0.315 e. The summed E-state index contributed by atoms with van der Waals surface area (Å²) in [7, 11) is 1.79. The Labute approximate surface area is 120 Å². The maximum Gasteiger partial charge on any atom is 0.231 e. The highest BCUT2D eigenvalue weighted by Crippen LogP contribution is 2.44. The minimum absolute atomic E-state index is 0.107. The summed E-state index contributed by atoms with van der Waals surface area (Å²) in [6.45, 7) is 2.12. The molecule has 20 heavy (non-hydrogen) atoms. The summed E-state index contributed by atoms with van der Waals surface area (Å²) in [5, 5.41) is 0. The number of nitrogens with zero attached hydrogens (tertiary/aromatic N) is 1. The zero-order chi connectivity index (χ0) is 14.3. The quantitative estimate of drug-likeness (QED) is 0.790. The van der Waals surface area contributed by atoms with Gasteiger partial charge >= 0.3 is 0 Å². The second kappa shape index (κ2) is 4.72. The summed E-state index contributed by atoms with van der Waals surface area (Å²) in [5.74, 6) is 0.387. The van der Waals surface area contributed by atoms with Crippen LogP contribution in [0, 0.1) is 5.41 Å². The Hall–Kier alpha value is -1.64. The fourth-order valence-corrected chi connectivity index (χ4v) is 3.71. The van der Waals surface area contributed by atoms with Crippen molar-refractivity contribution in [2.24, 2.45) is 5.41 Å². The molecule has 0 bridgehead atoms. The number of anilines is 1. The molecule has 3 nitrogen and oxygen atoms in total. The van der Waals surface area contributed by atoms with Crippen molar-refractivity contribution in [1.82, 2.24) is 0 Å². The van der Waals surface area contributed by atoms with Crippen LogP contribution in [0.15, 0.2) is 18.2 Å². The van der Waals surface area contributed by atoms with Gasteiger partial charge in [0.1, 0.15) is 0 Å². The molecule has 0 spiro atoms. The molecule has 0 unspecified atom stereocenters. The maximum atomic E-state index is 12.9. The van der Waals surface area contributed by atoms with E-state index in [4.69, 9.17) is 0 Å². The van der Waals surface area contributed by atoms with Crippen LogP contribution in [0.2, 0.25) is 0 Å². The summed E-state index contributed by atoms with van der Waals surface area (Å²) < 4.78 is 0. The Morgan fingerprint density at radius 2 is 2.00 bits per heavy atom. The Balaban J connectivity index is 1.94. The predicted molar refractivity (Wildman–Crippen MR) is 79.1 cm³/mol. The average Bonchev–Trinajstić information content (AvgIpc) is 3.05. The van der Waals surface area contributed by atoms with Crippen LogP contribution in [-0.2, 0) is 11.2 Å². The van der Waals surface area contributed by atoms with Gasteiger partial charge in [-0.1, -0.05) is 19.8 Å². The van der Waals surface area contributed by atoms with Gasteiger partial charge in [0.25, 0.3) is 0 Å². The van der Waals surface area contributed by atoms with Crippen LogP contribution in [-0.4, -0.2) is 18.7 Å². The SMILES string of the molecule is CCC1(C(=O)c2ccc3c(c2)CC(=O)N3C)CCCC1. The number of Topliss-reactive ketones (excluding diaryl/α,β-unsaturated/α-hetero) is 1. The molecule has 3 rings (SSSR count). The van der Waals surface area contributed by atoms with Gasteiger partial charge < -0.3 is 4.90 Å². The first-order valence-electron chi connectivity index (χ1n) is 7.52. The van der Waals surface area contributed by atoms with Gasteiger partial charge in [0.2, 0.25) is 5.91 Å². The highest BCUT2D eigenvalue weighted by Gasteiger charge is 2.40. The third kappa shape index (κ3) is 1.88. The van der Waals surface area contributed by atoms with Gasteiger partial charge in [-0.2, -0.15) is 0 Å². The molecule has 1 heterocycles. The number of benzene rings is 1. The molecule has 3 heteroatoms. The van der Waals surface area contributed by atoms with E-state index in [2.05, 4.69) is 6.92 Å². The lowest BCUT2D eigenvalue weighted by molar-refractivity contribution is -0.117. The molecule has 0 radical (unpaired) electrons. The van der Waals surface area contributed by atoms with Crippen molar-refractivity contribution < 1.29 is 9.59 Å². The zero-order valence-electron chi connectivity index (χ0n) is 12.2. The van der Waals surface area contributed by atoms with Gasteiger partial charge in [0.05, 0.1) is 6.42 Å². The molecule has 1 saturated carbocycles. The molecule has 0 saturated heterocycles. The van der Waals surface area contributed by atoms with Crippen LogP contribution in [0.3, 0.4) is 0 Å². The fraction of sp³-hybridized carbons (Fsp3) is 0.529. The van der Waals surface area contributed by atoms with E-state index < -0.39 is 0 Å². The van der Waals surface area contributed by atoms with Crippen molar-refractivity contribution >= 4 is 17.4 Å². The molecular formula is C17H21NO2. The van der Waals surface area contributed by atoms with Crippen LogP contribution >= 0.6 is 0 Å². The van der Waals surface area contributed by atoms with Crippen molar-refractivity contribution in [3.8, 4) is 0 Å². The Bertz CT molecular complexity index is 570. The topological polar surface area (TPSA) is 37.4 Å². The van der Waals surface area contributed by atoms with Gasteiger partial charge in [-0.05, 0) is 43.0 Å². The molecular weight excluding hydrogens is 250 g/mol. The van der Waals surface area contributed by atoms with Gasteiger partial charge in [-0.15, -0.1) is 0 Å². The molecule has 0 N–H and O–H groups in total. The standard InChI is InChI=1S/C17H21NO2/c1-3-17(8-4-5-9-17)16(20)12-6-7-14-13(10-12)11-15(19)18(14)2/h6-7,10H,3-5,8-9,11H2,1-2H3. The van der Waals surface area contributed by atoms with E-state index in [9.17, 15) is 9.59 Å². The lowest BCUT2D eigenvalue weighted by Gasteiger charge is -2.26. The number of carbonyl (C=O) groups is 2. The summed E-state index contributed by atoms with van der Waals surface area (Å²) >= 11 is 0. The molecule has 2 aliphatic rings. The number of rotatable bonds is 3. The maximum absolute atomic E-state index is 12.9. The van der Waals surface area contributed by atoms with E-state index >= 15 is 0 Å². The lowest BCUT2D eigenvalue weighted by atomic mass is 9.76. The Morgan fingerprint density at radius 3 is 2.65 bits per heavy atom. The van der Waals surface area contributed by atoms with E-state index in [0.717, 1.165) is 48.9 Å². The molecule has 1 aliphatic carbocycles. The number of ketones is 1. The molecule has 1 fully saturated rings. The number of hydrogen-bond donors (Lipinski definition) is 0. The normalized spacial score (nSPS) is 20.3. The molecule has 0 atom stereocenters. The van der Waals surface area contributed by atoms with Crippen LogP contribution in [0.4, 0.5) is 5.69 Å². The summed E-state index contributed by atoms with van der Waals surface area (Å²) in [6.07, 6.45) is 5.68. The lowest BCUT2D eigenvalue weighted by Crippen LogP contribution is -2.27. The predicted octanol–water partition coefficient (Wildman–Crippen LogP) is 3.36. The van der Waals surface area contributed by atoms with Crippen molar-refractivity contribution in [2.45, 2.75) is 45.4 Å². The van der Waals surface area contributed by atoms with E-state index in [1.54, 1.807) is 11.9 Å². The monoisotopic (exact) mass is 271 g/mol. The molecule has 1 amide bonds. The second-order valence-electron chi connectivity index (χ2n) is 6.14. The fourth-order valence-electron chi connectivity index (χ4n) is 3.71. The molecule has 0 aromatic heterocycles. The van der Waals surface area contributed by atoms with Gasteiger partial charge in [0.15, 0.2) is 5.78 Å². The van der Waals surface area contributed by atoms with Crippen molar-refractivity contribution in [3.05, 3.63) is 29.3 Å². The van der Waals surface area contributed by atoms with E-state index in [-0.39, 0.29) is 17.1 Å².